The molecule has 0 aliphatic carbocycles. The predicted molar refractivity (Wildman–Crippen MR) is 277 cm³/mol. The fourth-order valence-corrected chi connectivity index (χ4v) is 8.55. The van der Waals surface area contributed by atoms with Gasteiger partial charge in [0, 0.05) is 12.8 Å². The molecule has 10 heteroatoms. The number of quaternary nitrogens is 1. The number of nitrogens with one attached hydrogen (secondary N) is 1. The fourth-order valence-electron chi connectivity index (χ4n) is 7.81. The Kier molecular flexibility index (Phi) is 44.7. The number of esters is 1. The van der Waals surface area contributed by atoms with Crippen LogP contribution in [0.15, 0.2) is 36.5 Å². The summed E-state index contributed by atoms with van der Waals surface area (Å²) in [5.41, 5.74) is 0. The summed E-state index contributed by atoms with van der Waals surface area (Å²) in [6.07, 6.45) is 52.7. The monoisotopic (exact) mass is 938 g/mol. The molecule has 0 aliphatic rings. The molecule has 0 aromatic heterocycles. The van der Waals surface area contributed by atoms with Crippen LogP contribution in [0, 0.1) is 0 Å². The third-order valence-corrected chi connectivity index (χ3v) is 13.1. The van der Waals surface area contributed by atoms with Crippen LogP contribution in [-0.2, 0) is 27.9 Å². The minimum absolute atomic E-state index is 0.0394. The van der Waals surface area contributed by atoms with Crippen LogP contribution in [0.1, 0.15) is 252 Å². The second kappa shape index (κ2) is 46.0. The van der Waals surface area contributed by atoms with Crippen molar-refractivity contribution in [3.8, 4) is 0 Å². The van der Waals surface area contributed by atoms with E-state index < -0.39 is 20.0 Å². The van der Waals surface area contributed by atoms with Crippen molar-refractivity contribution >= 4 is 19.7 Å². The van der Waals surface area contributed by atoms with Gasteiger partial charge >= 0.3 is 13.8 Å². The highest BCUT2D eigenvalue weighted by molar-refractivity contribution is 7.47. The first-order valence-corrected chi connectivity index (χ1v) is 28.8. The normalized spacial score (nSPS) is 14.1. The first-order chi connectivity index (χ1) is 31.4. The molecule has 1 amide bonds. The van der Waals surface area contributed by atoms with Crippen molar-refractivity contribution in [2.75, 3.05) is 40.9 Å². The van der Waals surface area contributed by atoms with E-state index in [1.807, 2.05) is 33.3 Å². The molecule has 0 spiro atoms. The smallest absolute Gasteiger partial charge is 0.456 e. The van der Waals surface area contributed by atoms with E-state index >= 15 is 0 Å². The molecule has 0 aromatic rings. The number of carbonyl (C=O) groups is 2. The van der Waals surface area contributed by atoms with Gasteiger partial charge in [-0.3, -0.25) is 18.6 Å². The van der Waals surface area contributed by atoms with Gasteiger partial charge in [-0.15, -0.1) is 0 Å². The summed E-state index contributed by atoms with van der Waals surface area (Å²) in [4.78, 5) is 37.4. The highest BCUT2D eigenvalue weighted by Crippen LogP contribution is 2.43. The number of hydrogen-bond acceptors (Lipinski definition) is 6. The molecule has 2 N–H and O–H groups in total. The molecule has 0 heterocycles. The maximum absolute atomic E-state index is 13.4. The van der Waals surface area contributed by atoms with Gasteiger partial charge in [0.2, 0.25) is 5.91 Å². The molecule has 65 heavy (non-hydrogen) atoms. The third-order valence-electron chi connectivity index (χ3n) is 12.1. The maximum atomic E-state index is 13.4. The summed E-state index contributed by atoms with van der Waals surface area (Å²) in [6.45, 7) is 6.97. The van der Waals surface area contributed by atoms with Crippen molar-refractivity contribution < 1.29 is 37.3 Å². The Morgan fingerprint density at radius 2 is 0.923 bits per heavy atom. The maximum Gasteiger partial charge on any atom is 0.472 e. The van der Waals surface area contributed by atoms with Gasteiger partial charge in [-0.1, -0.05) is 218 Å². The van der Waals surface area contributed by atoms with Gasteiger partial charge in [0.25, 0.3) is 0 Å². The Hall–Kier alpha value is -1.77. The number of hydrogen-bond donors (Lipinski definition) is 2. The number of ether oxygens (including phenoxy) is 1. The lowest BCUT2D eigenvalue weighted by Gasteiger charge is -2.27. The first kappa shape index (κ1) is 63.2. The van der Waals surface area contributed by atoms with Crippen LogP contribution in [-0.4, -0.2) is 74.3 Å². The number of amides is 1. The number of rotatable bonds is 49. The Labute approximate surface area is 402 Å². The third kappa shape index (κ3) is 47.1. The van der Waals surface area contributed by atoms with E-state index in [2.05, 4.69) is 50.4 Å². The average Bonchev–Trinajstić information content (AvgIpc) is 3.26. The SMILES string of the molecule is CCCCC/C=C/C=C/CCCCCCCCC(=O)NC(COP(=O)(O)OCC[N+](C)(C)C)C(/C=C/CCCCCCCCCCC)OC(=O)CCCCCCCCCCCCCCC. The molecule has 0 aromatic carbocycles. The lowest BCUT2D eigenvalue weighted by atomic mass is 10.0. The molecule has 0 rings (SSSR count). The quantitative estimate of drug-likeness (QED) is 0.0156. The standard InChI is InChI=1S/C55H105N2O7P/c1-7-10-13-16-19-22-25-27-28-30-32-35-38-41-44-47-54(58)56-52(51-63-65(60,61)62-50-49-57(4,5)6)53(46-43-40-37-34-31-24-21-18-15-12-9-3)64-55(59)48-45-42-39-36-33-29-26-23-20-17-14-11-8-2/h19,22,25,27,43,46,52-53H,7-18,20-21,23-24,26,28-42,44-45,47-51H2,1-6H3,(H-,56,58,60,61)/p+1/b22-19+,27-25+,46-43+. The van der Waals surface area contributed by atoms with E-state index in [4.69, 9.17) is 13.8 Å². The number of unbranched alkanes of at least 4 members (excludes halogenated alkanes) is 30. The summed E-state index contributed by atoms with van der Waals surface area (Å²) in [6, 6.07) is -0.848. The predicted octanol–water partition coefficient (Wildman–Crippen LogP) is 16.0. The van der Waals surface area contributed by atoms with Crippen LogP contribution < -0.4 is 5.32 Å². The number of nitrogens with zero attached hydrogens (tertiary/aromatic N) is 1. The van der Waals surface area contributed by atoms with E-state index in [-0.39, 0.29) is 25.1 Å². The molecule has 9 nitrogen and oxygen atoms in total. The molecular formula is C55H106N2O7P+. The lowest BCUT2D eigenvalue weighted by molar-refractivity contribution is -0.870. The average molecular weight is 938 g/mol. The molecule has 0 radical (unpaired) electrons. The zero-order chi connectivity index (χ0) is 48.0. The highest BCUT2D eigenvalue weighted by atomic mass is 31.2. The molecule has 0 saturated heterocycles. The minimum atomic E-state index is -4.44. The zero-order valence-corrected chi connectivity index (χ0v) is 44.4. The van der Waals surface area contributed by atoms with E-state index in [1.165, 1.54) is 141 Å². The Morgan fingerprint density at radius 3 is 1.38 bits per heavy atom. The fraction of sp³-hybridized carbons (Fsp3) is 0.855. The Bertz CT molecular complexity index is 1220. The van der Waals surface area contributed by atoms with Crippen molar-refractivity contribution in [2.45, 2.75) is 264 Å². The highest BCUT2D eigenvalue weighted by Gasteiger charge is 2.30. The number of likely N-dealkylation sites (N-methyl/N-ethyl adjacent to an activating group) is 1. The minimum Gasteiger partial charge on any atom is -0.456 e. The van der Waals surface area contributed by atoms with Crippen molar-refractivity contribution in [2.24, 2.45) is 0 Å². The van der Waals surface area contributed by atoms with Gasteiger partial charge < -0.3 is 19.4 Å². The van der Waals surface area contributed by atoms with Crippen LogP contribution >= 0.6 is 7.82 Å². The Balaban J connectivity index is 5.38. The number of phosphoric ester groups is 1. The summed E-state index contributed by atoms with van der Waals surface area (Å²) in [5.74, 6) is -0.513. The van der Waals surface area contributed by atoms with Gasteiger partial charge in [0.05, 0.1) is 33.8 Å². The van der Waals surface area contributed by atoms with Gasteiger partial charge in [-0.25, -0.2) is 4.57 Å². The van der Waals surface area contributed by atoms with E-state index in [0.717, 1.165) is 77.0 Å². The Morgan fingerprint density at radius 1 is 0.538 bits per heavy atom. The van der Waals surface area contributed by atoms with Crippen LogP contribution in [0.25, 0.3) is 0 Å². The van der Waals surface area contributed by atoms with Gasteiger partial charge in [0.1, 0.15) is 19.3 Å². The van der Waals surface area contributed by atoms with Crippen molar-refractivity contribution in [1.82, 2.24) is 5.32 Å². The topological polar surface area (TPSA) is 111 Å². The van der Waals surface area contributed by atoms with Crippen molar-refractivity contribution in [3.05, 3.63) is 36.5 Å². The second-order valence-electron chi connectivity index (χ2n) is 19.8. The molecule has 3 unspecified atom stereocenters. The molecule has 0 fully saturated rings. The molecule has 0 bridgehead atoms. The summed E-state index contributed by atoms with van der Waals surface area (Å²) in [5, 5.41) is 3.04. The van der Waals surface area contributed by atoms with E-state index in [1.54, 1.807) is 0 Å². The first-order valence-electron chi connectivity index (χ1n) is 27.3. The molecular weight excluding hydrogens is 832 g/mol. The van der Waals surface area contributed by atoms with E-state index in [9.17, 15) is 19.0 Å². The largest absolute Gasteiger partial charge is 0.472 e. The molecule has 382 valence electrons. The van der Waals surface area contributed by atoms with E-state index in [0.29, 0.717) is 23.9 Å². The number of carbonyl (C=O) groups excluding carboxylic acids is 2. The number of allylic oxidation sites excluding steroid dienone is 5. The van der Waals surface area contributed by atoms with Crippen LogP contribution in [0.4, 0.5) is 0 Å². The zero-order valence-electron chi connectivity index (χ0n) is 43.5. The van der Waals surface area contributed by atoms with Gasteiger partial charge in [0.15, 0.2) is 0 Å². The summed E-state index contributed by atoms with van der Waals surface area (Å²) < 4.78 is 30.5. The summed E-state index contributed by atoms with van der Waals surface area (Å²) in [7, 11) is 1.49. The van der Waals surface area contributed by atoms with Crippen LogP contribution in [0.3, 0.4) is 0 Å². The van der Waals surface area contributed by atoms with Gasteiger partial charge in [-0.2, -0.15) is 0 Å². The van der Waals surface area contributed by atoms with Gasteiger partial charge in [-0.05, 0) is 57.4 Å². The van der Waals surface area contributed by atoms with Crippen molar-refractivity contribution in [3.63, 3.8) is 0 Å². The second-order valence-corrected chi connectivity index (χ2v) is 21.2. The molecule has 0 saturated carbocycles. The lowest BCUT2D eigenvalue weighted by Crippen LogP contribution is -2.47. The molecule has 0 aliphatic heterocycles. The van der Waals surface area contributed by atoms with Crippen LogP contribution in [0.2, 0.25) is 0 Å². The van der Waals surface area contributed by atoms with Crippen molar-refractivity contribution in [1.29, 1.82) is 0 Å². The molecule has 3 atom stereocenters. The summed E-state index contributed by atoms with van der Waals surface area (Å²) >= 11 is 0. The number of phosphoric acid groups is 1. The van der Waals surface area contributed by atoms with Crippen LogP contribution in [0.5, 0.6) is 0 Å².